The van der Waals surface area contributed by atoms with Crippen molar-refractivity contribution >= 4 is 7.60 Å². The fourth-order valence-corrected chi connectivity index (χ4v) is 4.36. The van der Waals surface area contributed by atoms with E-state index in [0.717, 1.165) is 11.1 Å². The van der Waals surface area contributed by atoms with E-state index in [0.29, 0.717) is 6.54 Å². The van der Waals surface area contributed by atoms with Crippen LogP contribution >= 0.6 is 7.60 Å². The van der Waals surface area contributed by atoms with Gasteiger partial charge in [0.2, 0.25) is 0 Å². The minimum atomic E-state index is -3.27. The molecule has 0 radical (unpaired) electrons. The number of rotatable bonds is 10. The first-order chi connectivity index (χ1) is 12.9. The maximum absolute atomic E-state index is 12.4. The van der Waals surface area contributed by atoms with Gasteiger partial charge in [-0.25, -0.2) is 0 Å². The standard InChI is InChI=1S/C21H30NO4P/c1-17(19-11-7-5-8-12-19)22(18(2)20-13-9-6-10-14-20)15-21(23)16-27(24,25-3)26-4/h5-14,17-18,21,23H,15-16H2,1-4H3/t17-,18-,21+/m1/s1. The number of aliphatic hydroxyl groups is 1. The van der Waals surface area contributed by atoms with Gasteiger partial charge in [0.05, 0.1) is 12.3 Å². The second-order valence-electron chi connectivity index (χ2n) is 6.68. The van der Waals surface area contributed by atoms with E-state index >= 15 is 0 Å². The highest BCUT2D eigenvalue weighted by Gasteiger charge is 2.30. The van der Waals surface area contributed by atoms with E-state index < -0.39 is 13.7 Å². The predicted octanol–water partition coefficient (Wildman–Crippen LogP) is 4.66. The summed E-state index contributed by atoms with van der Waals surface area (Å²) in [5, 5.41) is 10.6. The molecule has 5 nitrogen and oxygen atoms in total. The summed E-state index contributed by atoms with van der Waals surface area (Å²) in [7, 11) is -0.592. The number of hydrogen-bond donors (Lipinski definition) is 1. The maximum atomic E-state index is 12.4. The zero-order chi connectivity index (χ0) is 19.9. The summed E-state index contributed by atoms with van der Waals surface area (Å²) in [6, 6.07) is 20.5. The summed E-state index contributed by atoms with van der Waals surface area (Å²) in [6.07, 6.45) is -0.882. The molecule has 148 valence electrons. The van der Waals surface area contributed by atoms with Crippen LogP contribution in [0, 0.1) is 0 Å². The molecule has 0 unspecified atom stereocenters. The third kappa shape index (κ3) is 6.00. The highest BCUT2D eigenvalue weighted by atomic mass is 31.2. The van der Waals surface area contributed by atoms with Crippen LogP contribution in [0.2, 0.25) is 0 Å². The largest absolute Gasteiger partial charge is 0.391 e. The normalized spacial score (nSPS) is 15.5. The summed E-state index contributed by atoms with van der Waals surface area (Å²) < 4.78 is 22.4. The molecule has 0 bridgehead atoms. The Morgan fingerprint density at radius 3 is 1.67 bits per heavy atom. The lowest BCUT2D eigenvalue weighted by atomic mass is 10.0. The molecule has 0 aliphatic heterocycles. The summed E-state index contributed by atoms with van der Waals surface area (Å²) in [6.45, 7) is 4.59. The van der Waals surface area contributed by atoms with Gasteiger partial charge in [0.1, 0.15) is 0 Å². The molecule has 6 heteroatoms. The van der Waals surface area contributed by atoms with Crippen molar-refractivity contribution in [3.05, 3.63) is 71.8 Å². The molecule has 0 heterocycles. The Morgan fingerprint density at radius 1 is 0.889 bits per heavy atom. The van der Waals surface area contributed by atoms with Gasteiger partial charge in [0.25, 0.3) is 0 Å². The van der Waals surface area contributed by atoms with Crippen molar-refractivity contribution in [2.24, 2.45) is 0 Å². The lowest BCUT2D eigenvalue weighted by Gasteiger charge is -2.37. The van der Waals surface area contributed by atoms with Crippen molar-refractivity contribution in [1.82, 2.24) is 4.90 Å². The third-order valence-corrected chi connectivity index (χ3v) is 6.95. The van der Waals surface area contributed by atoms with Gasteiger partial charge in [-0.3, -0.25) is 9.46 Å². The van der Waals surface area contributed by atoms with Gasteiger partial charge in [-0.05, 0) is 25.0 Å². The van der Waals surface area contributed by atoms with Gasteiger partial charge in [0.15, 0.2) is 0 Å². The van der Waals surface area contributed by atoms with Crippen LogP contribution < -0.4 is 0 Å². The molecule has 2 aromatic carbocycles. The van der Waals surface area contributed by atoms with Crippen molar-refractivity contribution in [3.8, 4) is 0 Å². The van der Waals surface area contributed by atoms with Gasteiger partial charge in [0, 0.05) is 32.8 Å². The van der Waals surface area contributed by atoms with Crippen LogP contribution in [0.25, 0.3) is 0 Å². The maximum Gasteiger partial charge on any atom is 0.332 e. The van der Waals surface area contributed by atoms with Gasteiger partial charge in [-0.1, -0.05) is 60.7 Å². The Kier molecular flexibility index (Phi) is 8.21. The Bertz CT molecular complexity index is 672. The molecule has 0 fully saturated rings. The monoisotopic (exact) mass is 391 g/mol. The summed E-state index contributed by atoms with van der Waals surface area (Å²) in [5.41, 5.74) is 2.32. The number of benzene rings is 2. The number of nitrogens with zero attached hydrogens (tertiary/aromatic N) is 1. The lowest BCUT2D eigenvalue weighted by molar-refractivity contribution is 0.0725. The fraction of sp³-hybridized carbons (Fsp3) is 0.429. The van der Waals surface area contributed by atoms with E-state index in [9.17, 15) is 9.67 Å². The van der Waals surface area contributed by atoms with Crippen LogP contribution in [0.4, 0.5) is 0 Å². The fourth-order valence-electron chi connectivity index (χ4n) is 3.28. The van der Waals surface area contributed by atoms with Crippen LogP contribution in [0.1, 0.15) is 37.1 Å². The van der Waals surface area contributed by atoms with E-state index in [1.165, 1.54) is 14.2 Å². The Morgan fingerprint density at radius 2 is 1.30 bits per heavy atom. The average molecular weight is 391 g/mol. The zero-order valence-electron chi connectivity index (χ0n) is 16.5. The molecular formula is C21H30NO4P. The average Bonchev–Trinajstić information content (AvgIpc) is 2.72. The molecule has 3 atom stereocenters. The summed E-state index contributed by atoms with van der Waals surface area (Å²) in [5.74, 6) is 0. The van der Waals surface area contributed by atoms with E-state index in [-0.39, 0.29) is 18.2 Å². The van der Waals surface area contributed by atoms with Crippen molar-refractivity contribution in [1.29, 1.82) is 0 Å². The van der Waals surface area contributed by atoms with Gasteiger partial charge < -0.3 is 14.2 Å². The topological polar surface area (TPSA) is 59.0 Å². The minimum Gasteiger partial charge on any atom is -0.391 e. The molecule has 0 saturated carbocycles. The second-order valence-corrected chi connectivity index (χ2v) is 9.00. The van der Waals surface area contributed by atoms with E-state index in [2.05, 4.69) is 43.0 Å². The van der Waals surface area contributed by atoms with Gasteiger partial charge in [-0.2, -0.15) is 0 Å². The molecule has 0 saturated heterocycles. The summed E-state index contributed by atoms with van der Waals surface area (Å²) >= 11 is 0. The lowest BCUT2D eigenvalue weighted by Crippen LogP contribution is -2.38. The van der Waals surface area contributed by atoms with Crippen LogP contribution in [0.5, 0.6) is 0 Å². The van der Waals surface area contributed by atoms with E-state index in [1.54, 1.807) is 0 Å². The van der Waals surface area contributed by atoms with Gasteiger partial charge in [-0.15, -0.1) is 0 Å². The molecule has 27 heavy (non-hydrogen) atoms. The first-order valence-electron chi connectivity index (χ1n) is 9.14. The van der Waals surface area contributed by atoms with Crippen LogP contribution in [-0.4, -0.2) is 43.0 Å². The highest BCUT2D eigenvalue weighted by Crippen LogP contribution is 2.47. The highest BCUT2D eigenvalue weighted by molar-refractivity contribution is 7.53. The van der Waals surface area contributed by atoms with E-state index in [1.807, 2.05) is 36.4 Å². The molecule has 2 aromatic rings. The molecule has 0 spiro atoms. The Hall–Kier alpha value is -1.49. The first kappa shape index (κ1) is 21.8. The second kappa shape index (κ2) is 10.2. The van der Waals surface area contributed by atoms with E-state index in [4.69, 9.17) is 9.05 Å². The Balaban J connectivity index is 2.25. The number of aliphatic hydroxyl groups excluding tert-OH is 1. The number of hydrogen-bond acceptors (Lipinski definition) is 5. The smallest absolute Gasteiger partial charge is 0.332 e. The van der Waals surface area contributed by atoms with Gasteiger partial charge >= 0.3 is 7.60 Å². The SMILES string of the molecule is COP(=O)(C[C@@H](O)CN([C@H](C)c1ccccc1)[C@H](C)c1ccccc1)OC. The van der Waals surface area contributed by atoms with Crippen molar-refractivity contribution in [3.63, 3.8) is 0 Å². The molecule has 1 N–H and O–H groups in total. The van der Waals surface area contributed by atoms with Crippen molar-refractivity contribution in [2.45, 2.75) is 32.0 Å². The first-order valence-corrected chi connectivity index (χ1v) is 10.9. The molecule has 0 aromatic heterocycles. The quantitative estimate of drug-likeness (QED) is 0.597. The molecule has 0 amide bonds. The van der Waals surface area contributed by atoms with Crippen LogP contribution in [0.3, 0.4) is 0 Å². The molecular weight excluding hydrogens is 361 g/mol. The minimum absolute atomic E-state index is 0.0421. The molecule has 0 aliphatic carbocycles. The molecule has 2 rings (SSSR count). The Labute approximate surface area is 162 Å². The molecule has 0 aliphatic rings. The third-order valence-electron chi connectivity index (χ3n) is 4.97. The van der Waals surface area contributed by atoms with Crippen molar-refractivity contribution in [2.75, 3.05) is 26.9 Å². The summed E-state index contributed by atoms with van der Waals surface area (Å²) in [4.78, 5) is 2.21. The van der Waals surface area contributed by atoms with Crippen molar-refractivity contribution < 1.29 is 18.7 Å². The van der Waals surface area contributed by atoms with Crippen LogP contribution in [-0.2, 0) is 13.6 Å². The predicted molar refractivity (Wildman–Crippen MR) is 109 cm³/mol. The zero-order valence-corrected chi connectivity index (χ0v) is 17.4. The van der Waals surface area contributed by atoms with Crippen LogP contribution in [0.15, 0.2) is 60.7 Å².